The molecule has 0 saturated heterocycles. The maximum absolute atomic E-state index is 13.4. The van der Waals surface area contributed by atoms with Gasteiger partial charge in [-0.2, -0.15) is 0 Å². The van der Waals surface area contributed by atoms with E-state index in [9.17, 15) is 19.1 Å². The van der Waals surface area contributed by atoms with E-state index in [1.807, 2.05) is 0 Å². The maximum Gasteiger partial charge on any atom is 0.254 e. The highest BCUT2D eigenvalue weighted by atomic mass is 19.1. The van der Waals surface area contributed by atoms with Crippen molar-refractivity contribution < 1.29 is 19.1 Å². The van der Waals surface area contributed by atoms with Gasteiger partial charge in [0.2, 0.25) is 5.91 Å². The Kier molecular flexibility index (Phi) is 4.90. The summed E-state index contributed by atoms with van der Waals surface area (Å²) in [6.45, 7) is 0.393. The smallest absolute Gasteiger partial charge is 0.254 e. The monoisotopic (exact) mass is 294 g/mol. The molecule has 1 saturated carbocycles. The summed E-state index contributed by atoms with van der Waals surface area (Å²) >= 11 is 0. The number of nitrogens with zero attached hydrogens (tertiary/aromatic N) is 1. The predicted molar refractivity (Wildman–Crippen MR) is 75.1 cm³/mol. The molecule has 1 fully saturated rings. The number of aliphatic hydroxyl groups excluding tert-OH is 1. The van der Waals surface area contributed by atoms with Crippen molar-refractivity contribution in [1.82, 2.24) is 10.2 Å². The number of rotatable bonds is 5. The van der Waals surface area contributed by atoms with Gasteiger partial charge >= 0.3 is 0 Å². The molecule has 2 rings (SSSR count). The number of benzene rings is 1. The summed E-state index contributed by atoms with van der Waals surface area (Å²) in [4.78, 5) is 25.2. The number of amides is 2. The average molecular weight is 294 g/mol. The minimum atomic E-state index is -0.612. The first-order valence-corrected chi connectivity index (χ1v) is 6.92. The van der Waals surface area contributed by atoms with Crippen LogP contribution >= 0.6 is 0 Å². The average Bonchev–Trinajstić information content (AvgIpc) is 2.43. The van der Waals surface area contributed by atoms with E-state index >= 15 is 0 Å². The maximum atomic E-state index is 13.4. The van der Waals surface area contributed by atoms with Crippen LogP contribution in [0, 0.1) is 11.7 Å². The fourth-order valence-electron chi connectivity index (χ4n) is 2.37. The molecule has 0 aliphatic heterocycles. The van der Waals surface area contributed by atoms with E-state index < -0.39 is 11.7 Å². The Morgan fingerprint density at radius 2 is 2.05 bits per heavy atom. The fraction of sp³-hybridized carbons (Fsp3) is 0.467. The third-order valence-corrected chi connectivity index (χ3v) is 3.69. The van der Waals surface area contributed by atoms with Gasteiger partial charge in [-0.15, -0.1) is 0 Å². The lowest BCUT2D eigenvalue weighted by atomic mass is 9.82. The molecule has 2 N–H and O–H groups in total. The van der Waals surface area contributed by atoms with Crippen LogP contribution in [0.4, 0.5) is 4.39 Å². The normalized spacial score (nSPS) is 20.5. The third-order valence-electron chi connectivity index (χ3n) is 3.69. The standard InChI is InChI=1S/C15H19FN2O3/c1-18(9-10-6-11(19)7-10)14(20)8-17-15(21)12-4-2-3-5-13(12)16/h2-5,10-11,19H,6-9H2,1H3,(H,17,21). The van der Waals surface area contributed by atoms with Gasteiger partial charge in [0.25, 0.3) is 5.91 Å². The first kappa shape index (κ1) is 15.4. The molecule has 1 aromatic rings. The Bertz CT molecular complexity index is 529. The van der Waals surface area contributed by atoms with Crippen molar-refractivity contribution in [3.63, 3.8) is 0 Å². The summed E-state index contributed by atoms with van der Waals surface area (Å²) in [5.74, 6) is -1.13. The molecule has 0 atom stereocenters. The van der Waals surface area contributed by atoms with Crippen LogP contribution in [0.1, 0.15) is 23.2 Å². The van der Waals surface area contributed by atoms with E-state index in [4.69, 9.17) is 0 Å². The summed E-state index contributed by atoms with van der Waals surface area (Å²) in [5.41, 5.74) is -0.0740. The zero-order valence-corrected chi connectivity index (χ0v) is 11.9. The van der Waals surface area contributed by atoms with Crippen molar-refractivity contribution >= 4 is 11.8 Å². The molecule has 0 aromatic heterocycles. The quantitative estimate of drug-likeness (QED) is 0.843. The van der Waals surface area contributed by atoms with Gasteiger partial charge in [0.1, 0.15) is 5.82 Å². The molecule has 21 heavy (non-hydrogen) atoms. The highest BCUT2D eigenvalue weighted by Crippen LogP contribution is 2.27. The van der Waals surface area contributed by atoms with Gasteiger partial charge in [0.15, 0.2) is 0 Å². The lowest BCUT2D eigenvalue weighted by molar-refractivity contribution is -0.130. The zero-order chi connectivity index (χ0) is 15.4. The van der Waals surface area contributed by atoms with E-state index in [0.29, 0.717) is 25.3 Å². The molecule has 114 valence electrons. The molecule has 1 aliphatic rings. The van der Waals surface area contributed by atoms with Crippen LogP contribution in [0.2, 0.25) is 0 Å². The van der Waals surface area contributed by atoms with Crippen LogP contribution in [-0.2, 0) is 4.79 Å². The summed E-state index contributed by atoms with van der Waals surface area (Å²) < 4.78 is 13.4. The van der Waals surface area contributed by atoms with Crippen LogP contribution in [0.5, 0.6) is 0 Å². The van der Waals surface area contributed by atoms with Gasteiger partial charge in [-0.05, 0) is 30.9 Å². The van der Waals surface area contributed by atoms with Crippen molar-refractivity contribution in [2.45, 2.75) is 18.9 Å². The van der Waals surface area contributed by atoms with Gasteiger partial charge in [-0.25, -0.2) is 4.39 Å². The SMILES string of the molecule is CN(CC1CC(O)C1)C(=O)CNC(=O)c1ccccc1F. The summed E-state index contributed by atoms with van der Waals surface area (Å²) in [6, 6.07) is 5.63. The molecule has 1 aliphatic carbocycles. The number of halogens is 1. The molecule has 2 amide bonds. The molecule has 5 nitrogen and oxygen atoms in total. The molecular formula is C15H19FN2O3. The van der Waals surface area contributed by atoms with E-state index in [0.717, 1.165) is 0 Å². The Morgan fingerprint density at radius 1 is 1.38 bits per heavy atom. The number of carbonyl (C=O) groups is 2. The molecule has 0 unspecified atom stereocenters. The lowest BCUT2D eigenvalue weighted by Gasteiger charge is -2.34. The lowest BCUT2D eigenvalue weighted by Crippen LogP contribution is -2.43. The Balaban J connectivity index is 1.78. The van der Waals surface area contributed by atoms with Crippen molar-refractivity contribution in [2.24, 2.45) is 5.92 Å². The molecular weight excluding hydrogens is 275 g/mol. The van der Waals surface area contributed by atoms with Crippen molar-refractivity contribution in [3.05, 3.63) is 35.6 Å². The first-order chi connectivity index (χ1) is 9.97. The summed E-state index contributed by atoms with van der Waals surface area (Å²) in [5, 5.41) is 11.6. The number of hydrogen-bond acceptors (Lipinski definition) is 3. The second-order valence-electron chi connectivity index (χ2n) is 5.43. The minimum Gasteiger partial charge on any atom is -0.393 e. The first-order valence-electron chi connectivity index (χ1n) is 6.92. The molecule has 0 bridgehead atoms. The predicted octanol–water partition coefficient (Wildman–Crippen LogP) is 0.785. The number of aliphatic hydroxyl groups is 1. The fourth-order valence-corrected chi connectivity index (χ4v) is 2.37. The van der Waals surface area contributed by atoms with Crippen LogP contribution in [0.15, 0.2) is 24.3 Å². The number of hydrogen-bond donors (Lipinski definition) is 2. The molecule has 0 spiro atoms. The van der Waals surface area contributed by atoms with Crippen molar-refractivity contribution in [1.29, 1.82) is 0 Å². The van der Waals surface area contributed by atoms with E-state index in [1.54, 1.807) is 13.1 Å². The van der Waals surface area contributed by atoms with E-state index in [-0.39, 0.29) is 24.1 Å². The highest BCUT2D eigenvalue weighted by Gasteiger charge is 2.29. The highest BCUT2D eigenvalue weighted by molar-refractivity contribution is 5.96. The number of carbonyl (C=O) groups excluding carboxylic acids is 2. The van der Waals surface area contributed by atoms with Crippen molar-refractivity contribution in [3.8, 4) is 0 Å². The third kappa shape index (κ3) is 4.01. The van der Waals surface area contributed by atoms with Gasteiger partial charge < -0.3 is 15.3 Å². The second kappa shape index (κ2) is 6.67. The Morgan fingerprint density at radius 3 is 2.67 bits per heavy atom. The molecule has 0 radical (unpaired) electrons. The summed E-state index contributed by atoms with van der Waals surface area (Å²) in [6.07, 6.45) is 1.16. The summed E-state index contributed by atoms with van der Waals surface area (Å²) in [7, 11) is 1.66. The van der Waals surface area contributed by atoms with Crippen LogP contribution in [0.3, 0.4) is 0 Å². The zero-order valence-electron chi connectivity index (χ0n) is 11.9. The van der Waals surface area contributed by atoms with E-state index in [2.05, 4.69) is 5.32 Å². The Labute approximate surface area is 122 Å². The van der Waals surface area contributed by atoms with Crippen LogP contribution in [-0.4, -0.2) is 48.1 Å². The molecule has 6 heteroatoms. The van der Waals surface area contributed by atoms with Gasteiger partial charge in [0, 0.05) is 13.6 Å². The number of nitrogens with one attached hydrogen (secondary N) is 1. The second-order valence-corrected chi connectivity index (χ2v) is 5.43. The van der Waals surface area contributed by atoms with Gasteiger partial charge in [0.05, 0.1) is 18.2 Å². The minimum absolute atomic E-state index is 0.0740. The number of likely N-dealkylation sites (N-methyl/N-ethyl adjacent to an activating group) is 1. The van der Waals surface area contributed by atoms with Gasteiger partial charge in [-0.3, -0.25) is 9.59 Å². The van der Waals surface area contributed by atoms with Crippen LogP contribution in [0.25, 0.3) is 0 Å². The van der Waals surface area contributed by atoms with Crippen LogP contribution < -0.4 is 5.32 Å². The molecule has 0 heterocycles. The largest absolute Gasteiger partial charge is 0.393 e. The topological polar surface area (TPSA) is 69.6 Å². The van der Waals surface area contributed by atoms with Gasteiger partial charge in [-0.1, -0.05) is 12.1 Å². The molecule has 1 aromatic carbocycles. The van der Waals surface area contributed by atoms with Crippen molar-refractivity contribution in [2.75, 3.05) is 20.1 Å². The van der Waals surface area contributed by atoms with E-state index in [1.165, 1.54) is 23.1 Å². The Hall–Kier alpha value is -1.95.